The quantitative estimate of drug-likeness (QED) is 0.207. The Labute approximate surface area is 264 Å². The molecule has 1 atom stereocenters. The number of hydrogen-bond donors (Lipinski definition) is 1. The van der Waals surface area contributed by atoms with Crippen LogP contribution in [0.4, 0.5) is 14.5 Å². The van der Waals surface area contributed by atoms with Crippen LogP contribution in [0.3, 0.4) is 0 Å². The van der Waals surface area contributed by atoms with Crippen molar-refractivity contribution in [3.8, 4) is 34.0 Å². The summed E-state index contributed by atoms with van der Waals surface area (Å²) in [6, 6.07) is 20.5. The largest absolute Gasteiger partial charge is 0.455 e. The number of aryl methyl sites for hydroxylation is 2. The molecule has 0 fully saturated rings. The highest BCUT2D eigenvalue weighted by Crippen LogP contribution is 2.43. The Balaban J connectivity index is 1.47. The average molecular weight is 641 g/mol. The summed E-state index contributed by atoms with van der Waals surface area (Å²) in [5.41, 5.74) is 6.03. The first kappa shape index (κ1) is 29.7. The summed E-state index contributed by atoms with van der Waals surface area (Å²) in [5, 5.41) is 3.63. The van der Waals surface area contributed by atoms with E-state index in [0.717, 1.165) is 27.3 Å². The molecule has 234 valence electrons. The number of carbonyl (C=O) groups is 1. The summed E-state index contributed by atoms with van der Waals surface area (Å²) in [5.74, 6) is -0.454. The molecule has 46 heavy (non-hydrogen) atoms. The van der Waals surface area contributed by atoms with Crippen LogP contribution in [0.25, 0.3) is 55.8 Å². The van der Waals surface area contributed by atoms with Crippen LogP contribution < -0.4 is 9.62 Å². The summed E-state index contributed by atoms with van der Waals surface area (Å²) in [6.45, 7) is 2.11. The molecule has 1 aliphatic rings. The number of halogens is 2. The first-order chi connectivity index (χ1) is 22.0. The van der Waals surface area contributed by atoms with Gasteiger partial charge in [-0.25, -0.2) is 22.2 Å². The molecule has 0 bridgehead atoms. The van der Waals surface area contributed by atoms with Gasteiger partial charge in [-0.15, -0.1) is 0 Å². The Kier molecular flexibility index (Phi) is 6.97. The zero-order chi connectivity index (χ0) is 32.5. The standard InChI is InChI=1S/C35H30F2N4O4S/c1-19(36)20-8-10-22(11-9-20)34-32(35(42)38-2)25-16-24(29(18-31(25)45-34)40(3)46(4,43)44)27-13-12-21-14-15-41-28-7-5-6-26(37)23(28)17-30(41)33(21)39-27/h5-13,16-19H,14-15H2,1-4H3,(H,38,42). The number of fused-ring (bicyclic) bond motifs is 6. The molecular formula is C35H30F2N4O4S. The average Bonchev–Trinajstić information content (AvgIpc) is 3.62. The number of rotatable bonds is 6. The number of alkyl halides is 1. The van der Waals surface area contributed by atoms with Gasteiger partial charge in [-0.1, -0.05) is 36.4 Å². The number of pyridine rings is 1. The number of nitrogens with one attached hydrogen (secondary N) is 1. The van der Waals surface area contributed by atoms with Crippen LogP contribution in [-0.4, -0.2) is 44.2 Å². The van der Waals surface area contributed by atoms with Gasteiger partial charge in [0.2, 0.25) is 10.0 Å². The van der Waals surface area contributed by atoms with Crippen LogP contribution in [0.1, 0.15) is 34.6 Å². The number of anilines is 1. The summed E-state index contributed by atoms with van der Waals surface area (Å²) in [6.07, 6.45) is 0.631. The second-order valence-electron chi connectivity index (χ2n) is 11.5. The van der Waals surface area contributed by atoms with Crippen LogP contribution in [0, 0.1) is 5.82 Å². The van der Waals surface area contributed by atoms with E-state index < -0.39 is 22.1 Å². The molecule has 0 saturated carbocycles. The number of sulfonamides is 1. The first-order valence-corrected chi connectivity index (χ1v) is 16.6. The van der Waals surface area contributed by atoms with Gasteiger partial charge in [-0.2, -0.15) is 0 Å². The van der Waals surface area contributed by atoms with Crippen LogP contribution in [-0.2, 0) is 23.0 Å². The molecule has 0 aliphatic carbocycles. The van der Waals surface area contributed by atoms with E-state index in [2.05, 4.69) is 5.32 Å². The zero-order valence-electron chi connectivity index (χ0n) is 25.6. The molecule has 6 aromatic rings. The highest BCUT2D eigenvalue weighted by molar-refractivity contribution is 7.92. The second-order valence-corrected chi connectivity index (χ2v) is 13.5. The molecule has 1 unspecified atom stereocenters. The number of nitrogens with zero attached hydrogens (tertiary/aromatic N) is 3. The number of aromatic nitrogens is 2. The van der Waals surface area contributed by atoms with Gasteiger partial charge in [0.1, 0.15) is 23.3 Å². The smallest absolute Gasteiger partial charge is 0.255 e. The molecule has 0 radical (unpaired) electrons. The predicted octanol–water partition coefficient (Wildman–Crippen LogP) is 7.26. The fourth-order valence-electron chi connectivity index (χ4n) is 6.21. The maximum Gasteiger partial charge on any atom is 0.255 e. The fraction of sp³-hybridized carbons (Fsp3) is 0.200. The van der Waals surface area contributed by atoms with E-state index in [1.54, 1.807) is 48.5 Å². The number of hydrogen-bond acceptors (Lipinski definition) is 5. The Hall–Kier alpha value is -5.03. The molecule has 3 aromatic carbocycles. The predicted molar refractivity (Wildman–Crippen MR) is 176 cm³/mol. The van der Waals surface area contributed by atoms with E-state index in [0.29, 0.717) is 63.1 Å². The van der Waals surface area contributed by atoms with Gasteiger partial charge < -0.3 is 14.3 Å². The molecule has 1 N–H and O–H groups in total. The van der Waals surface area contributed by atoms with Crippen molar-refractivity contribution in [1.82, 2.24) is 14.9 Å². The lowest BCUT2D eigenvalue weighted by Gasteiger charge is -2.23. The third-order valence-electron chi connectivity index (χ3n) is 8.72. The summed E-state index contributed by atoms with van der Waals surface area (Å²) >= 11 is 0. The van der Waals surface area contributed by atoms with E-state index in [9.17, 15) is 22.0 Å². The van der Waals surface area contributed by atoms with Crippen LogP contribution >= 0.6 is 0 Å². The van der Waals surface area contributed by atoms with E-state index in [1.807, 2.05) is 22.8 Å². The highest BCUT2D eigenvalue weighted by atomic mass is 32.2. The Morgan fingerprint density at radius 2 is 1.83 bits per heavy atom. The fourth-order valence-corrected chi connectivity index (χ4v) is 6.72. The van der Waals surface area contributed by atoms with Gasteiger partial charge in [0, 0.05) is 48.6 Å². The van der Waals surface area contributed by atoms with Gasteiger partial charge >= 0.3 is 0 Å². The van der Waals surface area contributed by atoms with Gasteiger partial charge in [0.25, 0.3) is 5.91 Å². The van der Waals surface area contributed by atoms with Crippen LogP contribution in [0.5, 0.6) is 0 Å². The minimum absolute atomic E-state index is 0.252. The SMILES string of the molecule is CNC(=O)c1c(-c2ccc(C(C)F)cc2)oc2cc(N(C)S(C)(=O)=O)c(-c3ccc4c(n3)-c3cc5c(F)cccc5n3CC4)cc12. The van der Waals surface area contributed by atoms with Crippen molar-refractivity contribution in [3.05, 3.63) is 95.3 Å². The van der Waals surface area contributed by atoms with Crippen molar-refractivity contribution in [2.24, 2.45) is 0 Å². The van der Waals surface area contributed by atoms with E-state index in [-0.39, 0.29) is 17.1 Å². The van der Waals surface area contributed by atoms with Gasteiger partial charge in [0.05, 0.1) is 40.1 Å². The lowest BCUT2D eigenvalue weighted by Crippen LogP contribution is -2.25. The Bertz CT molecular complexity index is 2310. The van der Waals surface area contributed by atoms with Crippen molar-refractivity contribution in [2.45, 2.75) is 26.1 Å². The third kappa shape index (κ3) is 4.73. The molecule has 0 saturated heterocycles. The summed E-state index contributed by atoms with van der Waals surface area (Å²) in [4.78, 5) is 18.4. The molecule has 4 heterocycles. The molecule has 7 rings (SSSR count). The lowest BCUT2D eigenvalue weighted by atomic mass is 9.98. The zero-order valence-corrected chi connectivity index (χ0v) is 26.4. The number of furan rings is 1. The second kappa shape index (κ2) is 10.8. The monoisotopic (exact) mass is 640 g/mol. The topological polar surface area (TPSA) is 97.4 Å². The normalized spacial score (nSPS) is 13.4. The molecule has 11 heteroatoms. The van der Waals surface area contributed by atoms with Gasteiger partial charge in [0.15, 0.2) is 0 Å². The van der Waals surface area contributed by atoms with Crippen molar-refractivity contribution in [3.63, 3.8) is 0 Å². The number of amides is 1. The number of benzene rings is 3. The Morgan fingerprint density at radius 3 is 2.52 bits per heavy atom. The third-order valence-corrected chi connectivity index (χ3v) is 9.92. The maximum atomic E-state index is 14.8. The molecule has 3 aromatic heterocycles. The van der Waals surface area contributed by atoms with Crippen molar-refractivity contribution in [1.29, 1.82) is 0 Å². The van der Waals surface area contributed by atoms with E-state index >= 15 is 0 Å². The minimum Gasteiger partial charge on any atom is -0.455 e. The molecule has 0 spiro atoms. The van der Waals surface area contributed by atoms with Crippen LogP contribution in [0.2, 0.25) is 0 Å². The van der Waals surface area contributed by atoms with Gasteiger partial charge in [-0.3, -0.25) is 9.10 Å². The van der Waals surface area contributed by atoms with E-state index in [1.165, 1.54) is 27.1 Å². The van der Waals surface area contributed by atoms with E-state index in [4.69, 9.17) is 9.40 Å². The number of carbonyl (C=O) groups excluding carboxylic acids is 1. The minimum atomic E-state index is -3.73. The Morgan fingerprint density at radius 1 is 1.07 bits per heavy atom. The lowest BCUT2D eigenvalue weighted by molar-refractivity contribution is 0.0964. The van der Waals surface area contributed by atoms with Crippen LogP contribution in [0.15, 0.2) is 77.2 Å². The van der Waals surface area contributed by atoms with Crippen molar-refractivity contribution >= 4 is 43.5 Å². The molecule has 1 amide bonds. The van der Waals surface area contributed by atoms with Crippen molar-refractivity contribution < 1.29 is 26.4 Å². The molecule has 1 aliphatic heterocycles. The highest BCUT2D eigenvalue weighted by Gasteiger charge is 2.28. The van der Waals surface area contributed by atoms with Gasteiger partial charge in [-0.05, 0) is 54.8 Å². The maximum absolute atomic E-state index is 14.8. The molecular weight excluding hydrogens is 610 g/mol. The first-order valence-electron chi connectivity index (χ1n) is 14.8. The molecule has 8 nitrogen and oxygen atoms in total. The summed E-state index contributed by atoms with van der Waals surface area (Å²) in [7, 11) is -0.773. The summed E-state index contributed by atoms with van der Waals surface area (Å²) < 4.78 is 63.8. The van der Waals surface area contributed by atoms with Crippen molar-refractivity contribution in [2.75, 3.05) is 24.7 Å².